The standard InChI is InChI=1S/C23H15FN4O2S2/c1-30-17-6-2-14(3-7-17)12-26-28(23-27-19-9-5-16(24)11-21(19)32-23)22(29)15-4-8-18-20(10-15)31-13-25-18/h2-13H,1H3/b26-12+. The van der Waals surface area contributed by atoms with Crippen LogP contribution in [0.3, 0.4) is 0 Å². The van der Waals surface area contributed by atoms with Gasteiger partial charge in [0.2, 0.25) is 5.13 Å². The summed E-state index contributed by atoms with van der Waals surface area (Å²) in [7, 11) is 1.60. The lowest BCUT2D eigenvalue weighted by atomic mass is 10.2. The second-order valence-electron chi connectivity index (χ2n) is 6.78. The van der Waals surface area contributed by atoms with E-state index in [2.05, 4.69) is 15.1 Å². The Kier molecular flexibility index (Phi) is 5.34. The molecule has 0 spiro atoms. The van der Waals surface area contributed by atoms with E-state index in [4.69, 9.17) is 4.74 Å². The van der Waals surface area contributed by atoms with Crippen molar-refractivity contribution >= 4 is 60.4 Å². The Morgan fingerprint density at radius 3 is 2.69 bits per heavy atom. The van der Waals surface area contributed by atoms with Crippen LogP contribution >= 0.6 is 22.7 Å². The largest absolute Gasteiger partial charge is 0.497 e. The van der Waals surface area contributed by atoms with Gasteiger partial charge in [-0.25, -0.2) is 14.4 Å². The highest BCUT2D eigenvalue weighted by molar-refractivity contribution is 7.22. The first-order valence-corrected chi connectivity index (χ1v) is 11.2. The fourth-order valence-corrected chi connectivity index (χ4v) is 4.75. The molecule has 0 aliphatic rings. The molecule has 0 aliphatic carbocycles. The van der Waals surface area contributed by atoms with Crippen molar-refractivity contribution in [3.63, 3.8) is 0 Å². The molecule has 0 bridgehead atoms. The Bertz CT molecular complexity index is 1460. The molecule has 0 atom stereocenters. The van der Waals surface area contributed by atoms with Crippen molar-refractivity contribution in [2.24, 2.45) is 5.10 Å². The number of aromatic nitrogens is 2. The van der Waals surface area contributed by atoms with Crippen LogP contribution in [0.25, 0.3) is 20.4 Å². The van der Waals surface area contributed by atoms with Crippen molar-refractivity contribution in [2.45, 2.75) is 0 Å². The van der Waals surface area contributed by atoms with E-state index in [0.717, 1.165) is 21.5 Å². The normalized spacial score (nSPS) is 11.4. The number of carbonyl (C=O) groups excluding carboxylic acids is 1. The van der Waals surface area contributed by atoms with Crippen LogP contribution in [0.15, 0.2) is 71.3 Å². The fraction of sp³-hybridized carbons (Fsp3) is 0.0435. The second kappa shape index (κ2) is 8.45. The number of hydrogen-bond acceptors (Lipinski definition) is 7. The number of hydrazone groups is 1. The molecule has 3 aromatic carbocycles. The molecule has 9 heteroatoms. The van der Waals surface area contributed by atoms with Crippen LogP contribution in [-0.4, -0.2) is 29.2 Å². The summed E-state index contributed by atoms with van der Waals surface area (Å²) >= 11 is 2.66. The lowest BCUT2D eigenvalue weighted by molar-refractivity contribution is 0.0988. The minimum atomic E-state index is -0.358. The third-order valence-corrected chi connectivity index (χ3v) is 6.51. The van der Waals surface area contributed by atoms with Gasteiger partial charge in [-0.2, -0.15) is 10.1 Å². The Balaban J connectivity index is 1.56. The molecule has 0 unspecified atom stereocenters. The molecule has 32 heavy (non-hydrogen) atoms. The third kappa shape index (κ3) is 3.95. The minimum absolute atomic E-state index is 0.343. The lowest BCUT2D eigenvalue weighted by Crippen LogP contribution is -2.25. The van der Waals surface area contributed by atoms with Gasteiger partial charge in [0.1, 0.15) is 11.6 Å². The van der Waals surface area contributed by atoms with Gasteiger partial charge in [-0.3, -0.25) is 4.79 Å². The molecule has 0 aliphatic heterocycles. The number of methoxy groups -OCH3 is 1. The summed E-state index contributed by atoms with van der Waals surface area (Å²) in [5.74, 6) is 0.0219. The van der Waals surface area contributed by atoms with Crippen LogP contribution in [0.5, 0.6) is 5.75 Å². The van der Waals surface area contributed by atoms with Crippen LogP contribution in [0.4, 0.5) is 9.52 Å². The van der Waals surface area contributed by atoms with Crippen molar-refractivity contribution < 1.29 is 13.9 Å². The van der Waals surface area contributed by atoms with E-state index in [-0.39, 0.29) is 11.7 Å². The third-order valence-electron chi connectivity index (χ3n) is 4.73. The molecule has 0 N–H and O–H groups in total. The highest BCUT2D eigenvalue weighted by atomic mass is 32.1. The Labute approximate surface area is 190 Å². The fourth-order valence-electron chi connectivity index (χ4n) is 3.09. The summed E-state index contributed by atoms with van der Waals surface area (Å²) in [6, 6.07) is 16.9. The minimum Gasteiger partial charge on any atom is -0.497 e. The Morgan fingerprint density at radius 2 is 1.88 bits per heavy atom. The molecule has 2 heterocycles. The van der Waals surface area contributed by atoms with E-state index in [1.54, 1.807) is 43.1 Å². The number of carbonyl (C=O) groups is 1. The zero-order chi connectivity index (χ0) is 22.1. The number of rotatable bonds is 5. The van der Waals surface area contributed by atoms with E-state index in [1.165, 1.54) is 39.8 Å². The molecule has 0 saturated heterocycles. The zero-order valence-corrected chi connectivity index (χ0v) is 18.4. The smallest absolute Gasteiger partial charge is 0.280 e. The SMILES string of the molecule is COc1ccc(/C=N/N(C(=O)c2ccc3ncsc3c2)c2nc3ccc(F)cc3s2)cc1. The van der Waals surface area contributed by atoms with Crippen molar-refractivity contribution in [1.82, 2.24) is 9.97 Å². The monoisotopic (exact) mass is 462 g/mol. The molecule has 5 rings (SSSR count). The van der Waals surface area contributed by atoms with E-state index in [1.807, 2.05) is 24.3 Å². The van der Waals surface area contributed by atoms with E-state index < -0.39 is 0 Å². The number of ether oxygens (including phenoxy) is 1. The number of amides is 1. The maximum atomic E-state index is 13.7. The average Bonchev–Trinajstić information content (AvgIpc) is 3.45. The first-order valence-electron chi connectivity index (χ1n) is 9.52. The van der Waals surface area contributed by atoms with Gasteiger partial charge in [-0.15, -0.1) is 11.3 Å². The number of anilines is 1. The predicted octanol–water partition coefficient (Wildman–Crippen LogP) is 5.73. The van der Waals surface area contributed by atoms with Crippen LogP contribution in [0.1, 0.15) is 15.9 Å². The number of thiazole rings is 2. The topological polar surface area (TPSA) is 67.7 Å². The Morgan fingerprint density at radius 1 is 1.06 bits per heavy atom. The molecule has 0 saturated carbocycles. The summed E-state index contributed by atoms with van der Waals surface area (Å²) in [5.41, 5.74) is 4.41. The van der Waals surface area contributed by atoms with Crippen LogP contribution in [0.2, 0.25) is 0 Å². The molecule has 0 fully saturated rings. The molecule has 5 aromatic rings. The van der Waals surface area contributed by atoms with Gasteiger partial charge in [-0.05, 0) is 66.2 Å². The second-order valence-corrected chi connectivity index (χ2v) is 8.67. The number of nitrogens with zero attached hydrogens (tertiary/aromatic N) is 4. The molecule has 0 radical (unpaired) electrons. The first-order chi connectivity index (χ1) is 15.6. The van der Waals surface area contributed by atoms with Crippen LogP contribution in [0, 0.1) is 5.82 Å². The maximum Gasteiger partial charge on any atom is 0.280 e. The van der Waals surface area contributed by atoms with Crippen molar-refractivity contribution in [2.75, 3.05) is 12.1 Å². The highest BCUT2D eigenvalue weighted by Crippen LogP contribution is 2.31. The summed E-state index contributed by atoms with van der Waals surface area (Å²) in [4.78, 5) is 22.2. The van der Waals surface area contributed by atoms with Crippen molar-refractivity contribution in [1.29, 1.82) is 0 Å². The van der Waals surface area contributed by atoms with Gasteiger partial charge < -0.3 is 4.74 Å². The molecule has 1 amide bonds. The first kappa shape index (κ1) is 20.2. The van der Waals surface area contributed by atoms with E-state index >= 15 is 0 Å². The highest BCUT2D eigenvalue weighted by Gasteiger charge is 2.22. The molecule has 2 aromatic heterocycles. The van der Waals surface area contributed by atoms with Gasteiger partial charge in [0.05, 0.1) is 39.3 Å². The zero-order valence-electron chi connectivity index (χ0n) is 16.7. The summed E-state index contributed by atoms with van der Waals surface area (Å²) < 4.78 is 20.4. The molecule has 158 valence electrons. The van der Waals surface area contributed by atoms with Crippen LogP contribution in [-0.2, 0) is 0 Å². The van der Waals surface area contributed by atoms with E-state index in [9.17, 15) is 9.18 Å². The average molecular weight is 463 g/mol. The maximum absolute atomic E-state index is 13.7. The summed E-state index contributed by atoms with van der Waals surface area (Å²) in [6.45, 7) is 0. The number of halogens is 1. The summed E-state index contributed by atoms with van der Waals surface area (Å²) in [5, 5.41) is 6.04. The molecule has 6 nitrogen and oxygen atoms in total. The predicted molar refractivity (Wildman–Crippen MR) is 127 cm³/mol. The molecular weight excluding hydrogens is 447 g/mol. The van der Waals surface area contributed by atoms with Crippen LogP contribution < -0.4 is 9.75 Å². The molecular formula is C23H15FN4O2S2. The number of fused-ring (bicyclic) bond motifs is 2. The number of benzene rings is 3. The van der Waals surface area contributed by atoms with Gasteiger partial charge in [-0.1, -0.05) is 11.3 Å². The van der Waals surface area contributed by atoms with Gasteiger partial charge in [0.15, 0.2) is 0 Å². The van der Waals surface area contributed by atoms with Gasteiger partial charge in [0, 0.05) is 5.56 Å². The Hall–Kier alpha value is -3.69. The van der Waals surface area contributed by atoms with E-state index in [0.29, 0.717) is 20.9 Å². The number of hydrogen-bond donors (Lipinski definition) is 0. The van der Waals surface area contributed by atoms with Crippen molar-refractivity contribution in [3.8, 4) is 5.75 Å². The van der Waals surface area contributed by atoms with Gasteiger partial charge in [0.25, 0.3) is 5.91 Å². The summed E-state index contributed by atoms with van der Waals surface area (Å²) in [6.07, 6.45) is 1.58. The quantitative estimate of drug-likeness (QED) is 0.247. The van der Waals surface area contributed by atoms with Crippen molar-refractivity contribution in [3.05, 3.63) is 83.1 Å². The van der Waals surface area contributed by atoms with Gasteiger partial charge >= 0.3 is 0 Å². The lowest BCUT2D eigenvalue weighted by Gasteiger charge is -2.14.